The molecular weight excluding hydrogens is 380 g/mol. The molecule has 0 saturated heterocycles. The first-order valence-corrected chi connectivity index (χ1v) is 8.58. The molecule has 0 aliphatic carbocycles. The Hall–Kier alpha value is -2.67. The molecule has 0 amide bonds. The van der Waals surface area contributed by atoms with Crippen molar-refractivity contribution in [2.24, 2.45) is 0 Å². The van der Waals surface area contributed by atoms with Crippen LogP contribution in [0.5, 0.6) is 0 Å². The van der Waals surface area contributed by atoms with Crippen LogP contribution in [0, 0.1) is 6.92 Å². The summed E-state index contributed by atoms with van der Waals surface area (Å²) in [6, 6.07) is 14.1. The molecule has 0 spiro atoms. The predicted molar refractivity (Wildman–Crippen MR) is 106 cm³/mol. The maximum Gasteiger partial charge on any atom is 0.249 e. The van der Waals surface area contributed by atoms with Crippen molar-refractivity contribution in [1.82, 2.24) is 15.2 Å². The van der Waals surface area contributed by atoms with Gasteiger partial charge in [0.25, 0.3) is 0 Å². The quantitative estimate of drug-likeness (QED) is 0.659. The average Bonchev–Trinajstić information content (AvgIpc) is 2.58. The number of aromatic nitrogens is 3. The first-order chi connectivity index (χ1) is 12.0. The van der Waals surface area contributed by atoms with E-state index < -0.39 is 0 Å². The molecule has 0 aliphatic heterocycles. The molecule has 0 radical (unpaired) electrons. The summed E-state index contributed by atoms with van der Waals surface area (Å²) in [5, 5.41) is 14.5. The third kappa shape index (κ3) is 4.45. The highest BCUT2D eigenvalue weighted by Crippen LogP contribution is 2.26. The van der Waals surface area contributed by atoms with Crippen molar-refractivity contribution in [1.29, 1.82) is 0 Å². The highest BCUT2D eigenvalue weighted by Gasteiger charge is 2.05. The fourth-order valence-corrected chi connectivity index (χ4v) is 2.84. The van der Waals surface area contributed by atoms with Gasteiger partial charge in [-0.1, -0.05) is 6.07 Å². The van der Waals surface area contributed by atoms with Crippen molar-refractivity contribution in [2.45, 2.75) is 6.92 Å². The van der Waals surface area contributed by atoms with Crippen LogP contribution in [-0.4, -0.2) is 29.3 Å². The molecule has 2 N–H and O–H groups in total. The van der Waals surface area contributed by atoms with Crippen LogP contribution in [0.25, 0.3) is 0 Å². The number of nitrogens with zero attached hydrogens (tertiary/aromatic N) is 4. The SMILES string of the molecule is Cc1ccc(Nc2cnnc(Nc3ccc(N(C)C)cc3)n2)c(Br)c1. The first kappa shape index (κ1) is 17.2. The molecule has 25 heavy (non-hydrogen) atoms. The number of aryl methyl sites for hydroxylation is 1. The van der Waals surface area contributed by atoms with E-state index in [0.29, 0.717) is 11.8 Å². The number of anilines is 5. The Bertz CT molecular complexity index is 864. The van der Waals surface area contributed by atoms with Crippen LogP contribution < -0.4 is 15.5 Å². The fraction of sp³-hybridized carbons (Fsp3) is 0.167. The van der Waals surface area contributed by atoms with E-state index in [2.05, 4.69) is 41.7 Å². The Morgan fingerprint density at radius 3 is 2.44 bits per heavy atom. The highest BCUT2D eigenvalue weighted by atomic mass is 79.9. The molecule has 0 saturated carbocycles. The molecule has 0 bridgehead atoms. The Morgan fingerprint density at radius 2 is 1.76 bits per heavy atom. The van der Waals surface area contributed by atoms with E-state index >= 15 is 0 Å². The van der Waals surface area contributed by atoms with Gasteiger partial charge >= 0.3 is 0 Å². The summed E-state index contributed by atoms with van der Waals surface area (Å²) >= 11 is 3.55. The van der Waals surface area contributed by atoms with Gasteiger partial charge in [-0.25, -0.2) is 0 Å². The van der Waals surface area contributed by atoms with Gasteiger partial charge in [0.15, 0.2) is 5.82 Å². The second-order valence-electron chi connectivity index (χ2n) is 5.84. The van der Waals surface area contributed by atoms with Crippen LogP contribution in [0.4, 0.5) is 28.8 Å². The lowest BCUT2D eigenvalue weighted by Gasteiger charge is -2.13. The maximum atomic E-state index is 4.46. The Balaban J connectivity index is 1.75. The zero-order valence-corrected chi connectivity index (χ0v) is 15.9. The van der Waals surface area contributed by atoms with Crippen LogP contribution >= 0.6 is 15.9 Å². The summed E-state index contributed by atoms with van der Waals surface area (Å²) in [6.45, 7) is 2.05. The fourth-order valence-electron chi connectivity index (χ4n) is 2.25. The van der Waals surface area contributed by atoms with E-state index in [4.69, 9.17) is 0 Å². The summed E-state index contributed by atoms with van der Waals surface area (Å²) in [4.78, 5) is 6.50. The Morgan fingerprint density at radius 1 is 1.00 bits per heavy atom. The van der Waals surface area contributed by atoms with E-state index in [9.17, 15) is 0 Å². The Kier molecular flexibility index (Phi) is 5.14. The minimum absolute atomic E-state index is 0.436. The Labute approximate surface area is 155 Å². The molecule has 1 heterocycles. The molecule has 1 aromatic heterocycles. The molecule has 0 atom stereocenters. The highest BCUT2D eigenvalue weighted by molar-refractivity contribution is 9.10. The third-order valence-corrected chi connectivity index (χ3v) is 4.24. The molecule has 6 nitrogen and oxygen atoms in total. The minimum atomic E-state index is 0.436. The van der Waals surface area contributed by atoms with E-state index in [1.807, 2.05) is 68.4 Å². The molecule has 0 fully saturated rings. The lowest BCUT2D eigenvalue weighted by atomic mass is 10.2. The van der Waals surface area contributed by atoms with E-state index in [0.717, 1.165) is 21.5 Å². The molecule has 7 heteroatoms. The van der Waals surface area contributed by atoms with E-state index in [-0.39, 0.29) is 0 Å². The smallest absolute Gasteiger partial charge is 0.249 e. The predicted octanol–water partition coefficient (Wildman–Crippen LogP) is 4.50. The summed E-state index contributed by atoms with van der Waals surface area (Å²) in [5.41, 5.74) is 4.14. The van der Waals surface area contributed by atoms with Crippen LogP contribution in [-0.2, 0) is 0 Å². The second-order valence-corrected chi connectivity index (χ2v) is 6.69. The molecule has 0 unspecified atom stereocenters. The largest absolute Gasteiger partial charge is 0.378 e. The van der Waals surface area contributed by atoms with Crippen molar-refractivity contribution in [3.8, 4) is 0 Å². The number of nitrogens with one attached hydrogen (secondary N) is 2. The number of benzene rings is 2. The average molecular weight is 399 g/mol. The van der Waals surface area contributed by atoms with E-state index in [1.54, 1.807) is 6.20 Å². The van der Waals surface area contributed by atoms with Crippen molar-refractivity contribution >= 4 is 44.8 Å². The number of halogens is 1. The molecule has 128 valence electrons. The van der Waals surface area contributed by atoms with Gasteiger partial charge in [0, 0.05) is 29.9 Å². The molecule has 0 aliphatic rings. The normalized spacial score (nSPS) is 10.4. The van der Waals surface area contributed by atoms with Crippen molar-refractivity contribution in [2.75, 3.05) is 29.6 Å². The van der Waals surface area contributed by atoms with Gasteiger partial charge in [-0.3, -0.25) is 0 Å². The summed E-state index contributed by atoms with van der Waals surface area (Å²) in [5.74, 6) is 1.05. The van der Waals surface area contributed by atoms with Gasteiger partial charge in [-0.15, -0.1) is 5.10 Å². The van der Waals surface area contributed by atoms with Gasteiger partial charge < -0.3 is 15.5 Å². The standard InChI is InChI=1S/C18H19BrN6/c1-12-4-9-16(15(19)10-12)22-17-11-20-24-18(23-17)21-13-5-7-14(8-6-13)25(2)3/h4-11H,1-3H3,(H2,21,22,23,24). The van der Waals surface area contributed by atoms with E-state index in [1.165, 1.54) is 5.56 Å². The second kappa shape index (κ2) is 7.48. The maximum absolute atomic E-state index is 4.46. The van der Waals surface area contributed by atoms with Gasteiger partial charge in [0.1, 0.15) is 0 Å². The van der Waals surface area contributed by atoms with Crippen LogP contribution in [0.3, 0.4) is 0 Å². The first-order valence-electron chi connectivity index (χ1n) is 7.78. The molecule has 3 aromatic rings. The lowest BCUT2D eigenvalue weighted by molar-refractivity contribution is 0.982. The van der Waals surface area contributed by atoms with Crippen molar-refractivity contribution in [3.05, 3.63) is 58.7 Å². The molecule has 2 aromatic carbocycles. The van der Waals surface area contributed by atoms with Crippen LogP contribution in [0.1, 0.15) is 5.56 Å². The third-order valence-electron chi connectivity index (χ3n) is 3.59. The topological polar surface area (TPSA) is 66.0 Å². The van der Waals surface area contributed by atoms with Gasteiger partial charge in [0.2, 0.25) is 5.95 Å². The van der Waals surface area contributed by atoms with Crippen LogP contribution in [0.15, 0.2) is 53.1 Å². The number of rotatable bonds is 5. The number of hydrogen-bond acceptors (Lipinski definition) is 6. The van der Waals surface area contributed by atoms with Gasteiger partial charge in [-0.05, 0) is 64.8 Å². The lowest BCUT2D eigenvalue weighted by Crippen LogP contribution is -2.08. The molecule has 3 rings (SSSR count). The zero-order chi connectivity index (χ0) is 17.8. The summed E-state index contributed by atoms with van der Waals surface area (Å²) < 4.78 is 0.972. The zero-order valence-electron chi connectivity index (χ0n) is 14.3. The van der Waals surface area contributed by atoms with Gasteiger partial charge in [-0.2, -0.15) is 10.1 Å². The van der Waals surface area contributed by atoms with Crippen LogP contribution in [0.2, 0.25) is 0 Å². The number of hydrogen-bond donors (Lipinski definition) is 2. The summed E-state index contributed by atoms with van der Waals surface area (Å²) in [7, 11) is 4.02. The molecular formula is C18H19BrN6. The monoisotopic (exact) mass is 398 g/mol. The van der Waals surface area contributed by atoms with Crippen molar-refractivity contribution in [3.63, 3.8) is 0 Å². The van der Waals surface area contributed by atoms with Gasteiger partial charge in [0.05, 0.1) is 11.9 Å². The minimum Gasteiger partial charge on any atom is -0.378 e. The summed E-state index contributed by atoms with van der Waals surface area (Å²) in [6.07, 6.45) is 1.59. The van der Waals surface area contributed by atoms with Crippen molar-refractivity contribution < 1.29 is 0 Å².